The van der Waals surface area contributed by atoms with E-state index in [0.29, 0.717) is 23.5 Å². The van der Waals surface area contributed by atoms with Crippen LogP contribution in [-0.4, -0.2) is 16.7 Å². The summed E-state index contributed by atoms with van der Waals surface area (Å²) in [6, 6.07) is 17.8. The van der Waals surface area contributed by atoms with Gasteiger partial charge in [0.05, 0.1) is 5.69 Å². The minimum Gasteiger partial charge on any atom is -0.399 e. The van der Waals surface area contributed by atoms with Gasteiger partial charge in [0.1, 0.15) is 5.82 Å². The van der Waals surface area contributed by atoms with Gasteiger partial charge in [0.25, 0.3) is 0 Å². The average molecular weight is 389 g/mol. The maximum Gasteiger partial charge on any atom is 0.148 e. The molecule has 0 aliphatic rings. The van der Waals surface area contributed by atoms with Crippen LogP contribution < -0.4 is 22.5 Å². The highest BCUT2D eigenvalue weighted by molar-refractivity contribution is 5.77. The number of aromatic nitrogens is 2. The number of hydrogen-bond donors (Lipinski definition) is 4. The van der Waals surface area contributed by atoms with E-state index in [0.717, 1.165) is 29.2 Å². The highest BCUT2D eigenvalue weighted by atomic mass is 15.2. The van der Waals surface area contributed by atoms with Crippen molar-refractivity contribution >= 4 is 17.2 Å². The third-order valence-corrected chi connectivity index (χ3v) is 5.04. The second-order valence-electron chi connectivity index (χ2n) is 7.77. The molecule has 0 aliphatic heterocycles. The van der Waals surface area contributed by atoms with Crippen molar-refractivity contribution in [1.82, 2.24) is 10.2 Å². The van der Waals surface area contributed by atoms with Crippen LogP contribution >= 0.6 is 0 Å². The molecule has 150 valence electrons. The van der Waals surface area contributed by atoms with E-state index in [-0.39, 0.29) is 5.41 Å². The summed E-state index contributed by atoms with van der Waals surface area (Å²) < 4.78 is 0. The lowest BCUT2D eigenvalue weighted by Gasteiger charge is -2.26. The summed E-state index contributed by atoms with van der Waals surface area (Å²) in [6.07, 6.45) is 0. The van der Waals surface area contributed by atoms with Crippen LogP contribution in [0.1, 0.15) is 30.5 Å². The van der Waals surface area contributed by atoms with Gasteiger partial charge in [0.15, 0.2) is 0 Å². The third-order valence-electron chi connectivity index (χ3n) is 5.04. The molecule has 0 bridgehead atoms. The Morgan fingerprint density at radius 2 is 1.76 bits per heavy atom. The number of hydrogen-bond acceptors (Lipinski definition) is 6. The van der Waals surface area contributed by atoms with Gasteiger partial charge >= 0.3 is 0 Å². The Balaban J connectivity index is 1.70. The summed E-state index contributed by atoms with van der Waals surface area (Å²) in [5.41, 5.74) is 23.1. The normalized spacial score (nSPS) is 11.3. The van der Waals surface area contributed by atoms with Crippen LogP contribution in [0.3, 0.4) is 0 Å². The highest BCUT2D eigenvalue weighted by Gasteiger charge is 2.20. The third kappa shape index (κ3) is 4.73. The van der Waals surface area contributed by atoms with Crippen LogP contribution in [0.5, 0.6) is 0 Å². The zero-order chi connectivity index (χ0) is 21.0. The van der Waals surface area contributed by atoms with Gasteiger partial charge in [-0.1, -0.05) is 50.8 Å². The van der Waals surface area contributed by atoms with Gasteiger partial charge in [-0.3, -0.25) is 0 Å². The van der Waals surface area contributed by atoms with Crippen LogP contribution in [-0.2, 0) is 12.0 Å². The van der Waals surface area contributed by atoms with Crippen LogP contribution in [0.4, 0.5) is 11.5 Å². The van der Waals surface area contributed by atoms with Gasteiger partial charge in [0, 0.05) is 41.0 Å². The van der Waals surface area contributed by atoms with Gasteiger partial charge in [-0.05, 0) is 35.4 Å². The fourth-order valence-electron chi connectivity index (χ4n) is 3.08. The molecule has 1 heterocycles. The summed E-state index contributed by atoms with van der Waals surface area (Å²) in [6.45, 7) is 9.42. The summed E-state index contributed by atoms with van der Waals surface area (Å²) in [4.78, 5) is 0. The van der Waals surface area contributed by atoms with Crippen molar-refractivity contribution in [2.75, 3.05) is 17.6 Å². The van der Waals surface area contributed by atoms with Crippen molar-refractivity contribution in [1.29, 1.82) is 0 Å². The molecule has 0 amide bonds. The smallest absolute Gasteiger partial charge is 0.148 e. The number of nitrogen functional groups attached to an aromatic ring is 1. The summed E-state index contributed by atoms with van der Waals surface area (Å²) in [5, 5.41) is 12.0. The van der Waals surface area contributed by atoms with E-state index in [1.807, 2.05) is 24.3 Å². The quantitative estimate of drug-likeness (QED) is 0.460. The van der Waals surface area contributed by atoms with Crippen LogP contribution in [0.2, 0.25) is 0 Å². The molecular weight excluding hydrogens is 360 g/mol. The van der Waals surface area contributed by atoms with E-state index in [1.54, 1.807) is 6.07 Å². The van der Waals surface area contributed by atoms with E-state index < -0.39 is 0 Å². The Morgan fingerprint density at radius 1 is 1.03 bits per heavy atom. The van der Waals surface area contributed by atoms with Crippen molar-refractivity contribution in [2.45, 2.75) is 25.8 Å². The second-order valence-corrected chi connectivity index (χ2v) is 7.77. The van der Waals surface area contributed by atoms with Gasteiger partial charge in [-0.25, -0.2) is 0 Å². The van der Waals surface area contributed by atoms with Crippen LogP contribution in [0, 0.1) is 0 Å². The van der Waals surface area contributed by atoms with Crippen molar-refractivity contribution in [2.24, 2.45) is 11.5 Å². The maximum atomic E-state index is 5.94. The first-order valence-corrected chi connectivity index (χ1v) is 9.52. The summed E-state index contributed by atoms with van der Waals surface area (Å²) in [7, 11) is 0. The van der Waals surface area contributed by atoms with E-state index in [1.165, 1.54) is 5.56 Å². The molecule has 0 saturated carbocycles. The summed E-state index contributed by atoms with van der Waals surface area (Å²) >= 11 is 0. The first kappa shape index (κ1) is 20.4. The first-order valence-electron chi connectivity index (χ1n) is 9.52. The predicted molar refractivity (Wildman–Crippen MR) is 121 cm³/mol. The Bertz CT molecular complexity index is 991. The van der Waals surface area contributed by atoms with Gasteiger partial charge < -0.3 is 22.5 Å². The van der Waals surface area contributed by atoms with Crippen molar-refractivity contribution in [3.8, 4) is 11.3 Å². The standard InChI is InChI=1S/C23H28N6/c1-15(25)19-12-17(6-9-20(19)26)21-10-11-22(29-28-21)27-14-23(2,3)18-7-4-16(13-24)5-8-18/h4-12H,1,13-14,24-26H2,2-3H3,(H,27,29). The minimum absolute atomic E-state index is 0.0686. The number of benzene rings is 2. The fourth-order valence-corrected chi connectivity index (χ4v) is 3.08. The lowest BCUT2D eigenvalue weighted by Crippen LogP contribution is -2.28. The zero-order valence-electron chi connectivity index (χ0n) is 16.9. The largest absolute Gasteiger partial charge is 0.399 e. The molecule has 7 N–H and O–H groups in total. The SMILES string of the molecule is C=C(N)c1cc(-c2ccc(NCC(C)(C)c3ccc(CN)cc3)nn2)ccc1N. The van der Waals surface area contributed by atoms with Gasteiger partial charge in [-0.2, -0.15) is 0 Å². The molecule has 0 spiro atoms. The van der Waals surface area contributed by atoms with E-state index in [4.69, 9.17) is 17.2 Å². The zero-order valence-corrected chi connectivity index (χ0v) is 16.9. The molecule has 29 heavy (non-hydrogen) atoms. The maximum absolute atomic E-state index is 5.94. The lowest BCUT2D eigenvalue weighted by atomic mass is 9.84. The molecule has 0 atom stereocenters. The van der Waals surface area contributed by atoms with Gasteiger partial charge in [0.2, 0.25) is 0 Å². The monoisotopic (exact) mass is 388 g/mol. The van der Waals surface area contributed by atoms with Crippen LogP contribution in [0.15, 0.2) is 61.2 Å². The molecule has 3 aromatic rings. The van der Waals surface area contributed by atoms with E-state index in [2.05, 4.69) is 60.2 Å². The lowest BCUT2D eigenvalue weighted by molar-refractivity contribution is 0.555. The molecule has 1 aromatic heterocycles. The van der Waals surface area contributed by atoms with E-state index >= 15 is 0 Å². The van der Waals surface area contributed by atoms with Crippen molar-refractivity contribution in [3.63, 3.8) is 0 Å². The Kier molecular flexibility index (Phi) is 5.84. The number of nitrogens with two attached hydrogens (primary N) is 3. The molecule has 0 unspecified atom stereocenters. The van der Waals surface area contributed by atoms with E-state index in [9.17, 15) is 0 Å². The van der Waals surface area contributed by atoms with Crippen molar-refractivity contribution < 1.29 is 0 Å². The molecule has 0 fully saturated rings. The summed E-state index contributed by atoms with van der Waals surface area (Å²) in [5.74, 6) is 0.722. The molecule has 3 rings (SSSR count). The Hall–Kier alpha value is -3.38. The first-order chi connectivity index (χ1) is 13.8. The number of rotatable bonds is 7. The minimum atomic E-state index is -0.0686. The highest BCUT2D eigenvalue weighted by Crippen LogP contribution is 2.26. The number of anilines is 2. The molecule has 0 radical (unpaired) electrons. The molecule has 6 heteroatoms. The predicted octanol–water partition coefficient (Wildman–Crippen LogP) is 3.50. The molecule has 0 saturated heterocycles. The van der Waals surface area contributed by atoms with Gasteiger partial charge in [-0.15, -0.1) is 10.2 Å². The second kappa shape index (κ2) is 8.32. The average Bonchev–Trinajstić information content (AvgIpc) is 2.73. The molecule has 2 aromatic carbocycles. The van der Waals surface area contributed by atoms with Crippen LogP contribution in [0.25, 0.3) is 17.0 Å². The fraction of sp³-hybridized carbons (Fsp3) is 0.217. The molecule has 6 nitrogen and oxygen atoms in total. The Labute approximate surface area is 171 Å². The molecular formula is C23H28N6. The number of nitrogens with zero attached hydrogens (tertiary/aromatic N) is 2. The topological polar surface area (TPSA) is 116 Å². The molecule has 0 aliphatic carbocycles. The van der Waals surface area contributed by atoms with Crippen molar-refractivity contribution in [3.05, 3.63) is 77.9 Å². The number of nitrogens with one attached hydrogen (secondary N) is 1. The Morgan fingerprint density at radius 3 is 2.34 bits per heavy atom.